The molecule has 1 N–H and O–H groups in total. The Bertz CT molecular complexity index is 698. The summed E-state index contributed by atoms with van der Waals surface area (Å²) < 4.78 is 0. The second-order valence-corrected chi connectivity index (χ2v) is 6.61. The van der Waals surface area contributed by atoms with E-state index in [9.17, 15) is 0 Å². The van der Waals surface area contributed by atoms with Crippen molar-refractivity contribution in [3.8, 4) is 0 Å². The first-order valence-electron chi connectivity index (χ1n) is 8.33. The van der Waals surface area contributed by atoms with Crippen molar-refractivity contribution in [1.82, 2.24) is 5.32 Å². The van der Waals surface area contributed by atoms with Crippen molar-refractivity contribution in [3.05, 3.63) is 71.8 Å². The van der Waals surface area contributed by atoms with Crippen LogP contribution >= 0.6 is 0 Å². The Hall–Kier alpha value is -2.13. The van der Waals surface area contributed by atoms with Crippen LogP contribution in [0.5, 0.6) is 0 Å². The van der Waals surface area contributed by atoms with Crippen molar-refractivity contribution in [1.29, 1.82) is 0 Å². The fraction of sp³-hybridized carbons (Fsp3) is 0.350. The molecule has 0 aliphatic carbocycles. The molecule has 4 rings (SSSR count). The lowest BCUT2D eigenvalue weighted by molar-refractivity contribution is 0.173. The fourth-order valence-corrected chi connectivity index (χ4v) is 4.14. The number of hydrogen-bond donors (Lipinski definition) is 1. The molecule has 118 valence electrons. The summed E-state index contributed by atoms with van der Waals surface area (Å²) in [4.78, 5) is 5.31. The van der Waals surface area contributed by atoms with E-state index >= 15 is 0 Å². The van der Waals surface area contributed by atoms with E-state index in [2.05, 4.69) is 78.1 Å². The van der Waals surface area contributed by atoms with E-state index in [0.717, 1.165) is 18.7 Å². The second-order valence-electron chi connectivity index (χ2n) is 6.61. The first kappa shape index (κ1) is 14.5. The van der Waals surface area contributed by atoms with E-state index in [1.807, 2.05) is 0 Å². The van der Waals surface area contributed by atoms with E-state index in [0.29, 0.717) is 18.4 Å². The third kappa shape index (κ3) is 2.45. The molecule has 0 saturated carbocycles. The molecule has 0 bridgehead atoms. The molecule has 2 aliphatic heterocycles. The van der Waals surface area contributed by atoms with Gasteiger partial charge in [-0.3, -0.25) is 0 Å². The number of nitrogens with zero attached hydrogens (tertiary/aromatic N) is 1. The molecule has 0 amide bonds. The zero-order valence-electron chi connectivity index (χ0n) is 13.4. The molecule has 0 spiro atoms. The fourth-order valence-electron chi connectivity index (χ4n) is 4.14. The average molecular weight is 306 g/mol. The van der Waals surface area contributed by atoms with Crippen molar-refractivity contribution in [2.75, 3.05) is 13.2 Å². The van der Waals surface area contributed by atoms with E-state index in [1.165, 1.54) is 11.1 Å². The van der Waals surface area contributed by atoms with Gasteiger partial charge in [0.2, 0.25) is 0 Å². The maximum absolute atomic E-state index is 5.31. The van der Waals surface area contributed by atoms with Crippen molar-refractivity contribution in [3.63, 3.8) is 0 Å². The Morgan fingerprint density at radius 2 is 1.65 bits per heavy atom. The molecule has 2 aromatic rings. The highest BCUT2D eigenvalue weighted by Crippen LogP contribution is 2.46. The summed E-state index contributed by atoms with van der Waals surface area (Å²) in [6.07, 6.45) is 0.911. The summed E-state index contributed by atoms with van der Waals surface area (Å²) in [6, 6.07) is 21.6. The number of nitrogens with one attached hydrogen (secondary N) is 1. The lowest BCUT2D eigenvalue weighted by Gasteiger charge is -2.34. The van der Waals surface area contributed by atoms with Crippen LogP contribution in [0.3, 0.4) is 0 Å². The van der Waals surface area contributed by atoms with E-state index in [-0.39, 0.29) is 5.54 Å². The highest BCUT2D eigenvalue weighted by Gasteiger charge is 2.50. The van der Waals surface area contributed by atoms with Crippen LogP contribution in [-0.2, 0) is 4.84 Å². The van der Waals surface area contributed by atoms with Crippen LogP contribution in [0.15, 0.2) is 65.8 Å². The van der Waals surface area contributed by atoms with Gasteiger partial charge in [-0.25, -0.2) is 0 Å². The van der Waals surface area contributed by atoms with E-state index in [4.69, 9.17) is 4.84 Å². The van der Waals surface area contributed by atoms with Gasteiger partial charge >= 0.3 is 0 Å². The number of hydrogen-bond acceptors (Lipinski definition) is 3. The van der Waals surface area contributed by atoms with Gasteiger partial charge in [0.05, 0.1) is 11.3 Å². The maximum Gasteiger partial charge on any atom is 0.122 e. The van der Waals surface area contributed by atoms with Gasteiger partial charge in [0.1, 0.15) is 6.61 Å². The minimum atomic E-state index is -0.154. The van der Waals surface area contributed by atoms with Crippen LogP contribution < -0.4 is 5.32 Å². The lowest BCUT2D eigenvalue weighted by Crippen LogP contribution is -2.48. The molecule has 3 atom stereocenters. The molecule has 23 heavy (non-hydrogen) atoms. The molecule has 2 aromatic carbocycles. The number of oxime groups is 1. The maximum atomic E-state index is 5.31. The summed E-state index contributed by atoms with van der Waals surface area (Å²) in [6.45, 7) is 3.93. The van der Waals surface area contributed by atoms with Crippen molar-refractivity contribution < 1.29 is 4.84 Å². The zero-order valence-corrected chi connectivity index (χ0v) is 13.4. The number of benzene rings is 2. The number of rotatable bonds is 3. The quantitative estimate of drug-likeness (QED) is 0.938. The smallest absolute Gasteiger partial charge is 0.122 e. The summed E-state index contributed by atoms with van der Waals surface area (Å²) in [5, 5.41) is 8.11. The van der Waals surface area contributed by atoms with Crippen molar-refractivity contribution in [2.45, 2.75) is 30.7 Å². The van der Waals surface area contributed by atoms with Crippen LogP contribution in [0.2, 0.25) is 0 Å². The minimum absolute atomic E-state index is 0.154. The van der Waals surface area contributed by atoms with Gasteiger partial charge in [-0.15, -0.1) is 0 Å². The molecule has 0 aromatic heterocycles. The largest absolute Gasteiger partial charge is 0.395 e. The van der Waals surface area contributed by atoms with Gasteiger partial charge in [0.25, 0.3) is 0 Å². The SMILES string of the molecule is C[C@]1(C2=NOCC2)NC[C@@H](c2ccccc2)[C@H]1c1ccccc1. The molecular weight excluding hydrogens is 284 g/mol. The Morgan fingerprint density at radius 1 is 1.00 bits per heavy atom. The van der Waals surface area contributed by atoms with Crippen molar-refractivity contribution >= 4 is 5.71 Å². The second kappa shape index (κ2) is 5.82. The van der Waals surface area contributed by atoms with Gasteiger partial charge in [-0.1, -0.05) is 65.8 Å². The van der Waals surface area contributed by atoms with Crippen molar-refractivity contribution in [2.24, 2.45) is 5.16 Å². The third-order valence-corrected chi connectivity index (χ3v) is 5.30. The highest BCUT2D eigenvalue weighted by molar-refractivity contribution is 5.95. The predicted molar refractivity (Wildman–Crippen MR) is 92.8 cm³/mol. The molecule has 1 fully saturated rings. The average Bonchev–Trinajstić information content (AvgIpc) is 3.25. The Kier molecular flexibility index (Phi) is 3.66. The Morgan fingerprint density at radius 3 is 2.26 bits per heavy atom. The molecule has 1 saturated heterocycles. The normalized spacial score (nSPS) is 30.0. The Balaban J connectivity index is 1.79. The predicted octanol–water partition coefficient (Wildman–Crippen LogP) is 3.69. The third-order valence-electron chi connectivity index (χ3n) is 5.30. The van der Waals surface area contributed by atoms with Crippen LogP contribution in [0.1, 0.15) is 36.3 Å². The first-order valence-corrected chi connectivity index (χ1v) is 8.33. The van der Waals surface area contributed by atoms with E-state index < -0.39 is 0 Å². The Labute approximate surface area is 137 Å². The summed E-state index contributed by atoms with van der Waals surface area (Å²) >= 11 is 0. The summed E-state index contributed by atoms with van der Waals surface area (Å²) in [7, 11) is 0. The van der Waals surface area contributed by atoms with Crippen LogP contribution in [0.4, 0.5) is 0 Å². The molecule has 0 unspecified atom stereocenters. The highest BCUT2D eigenvalue weighted by atomic mass is 16.6. The lowest BCUT2D eigenvalue weighted by atomic mass is 9.71. The molecule has 3 nitrogen and oxygen atoms in total. The molecule has 2 aliphatic rings. The van der Waals surface area contributed by atoms with Crippen LogP contribution in [-0.4, -0.2) is 24.4 Å². The summed E-state index contributed by atoms with van der Waals surface area (Å²) in [5.41, 5.74) is 3.74. The van der Waals surface area contributed by atoms with Crippen LogP contribution in [0, 0.1) is 0 Å². The molecule has 3 heteroatoms. The van der Waals surface area contributed by atoms with Gasteiger partial charge < -0.3 is 10.2 Å². The van der Waals surface area contributed by atoms with Gasteiger partial charge in [-0.05, 0) is 18.1 Å². The molecule has 0 radical (unpaired) electrons. The summed E-state index contributed by atoms with van der Waals surface area (Å²) in [5.74, 6) is 0.790. The first-order chi connectivity index (χ1) is 11.3. The zero-order chi connectivity index (χ0) is 15.7. The van der Waals surface area contributed by atoms with Gasteiger partial charge in [0, 0.05) is 24.8 Å². The van der Waals surface area contributed by atoms with Crippen LogP contribution in [0.25, 0.3) is 0 Å². The van der Waals surface area contributed by atoms with Gasteiger partial charge in [-0.2, -0.15) is 0 Å². The molecular formula is C20H22N2O. The monoisotopic (exact) mass is 306 g/mol. The topological polar surface area (TPSA) is 33.6 Å². The standard InChI is InChI=1S/C20H22N2O/c1-20(18-12-13-23-22-18)19(16-10-6-3-7-11-16)17(14-21-20)15-8-4-2-5-9-15/h2-11,17,19,21H,12-14H2,1H3/t17-,19+,20+/m0/s1. The minimum Gasteiger partial charge on any atom is -0.395 e. The van der Waals surface area contributed by atoms with E-state index in [1.54, 1.807) is 0 Å². The molecule has 2 heterocycles. The van der Waals surface area contributed by atoms with Gasteiger partial charge in [0.15, 0.2) is 0 Å².